The van der Waals surface area contributed by atoms with Crippen molar-refractivity contribution in [3.05, 3.63) is 59.0 Å². The predicted octanol–water partition coefficient (Wildman–Crippen LogP) is 3.97. The van der Waals surface area contributed by atoms with Gasteiger partial charge in [0.2, 0.25) is 5.91 Å². The van der Waals surface area contributed by atoms with E-state index in [0.717, 1.165) is 30.0 Å². The molecule has 2 aliphatic rings. The first-order chi connectivity index (χ1) is 18.2. The molecule has 3 atom stereocenters. The summed E-state index contributed by atoms with van der Waals surface area (Å²) >= 11 is 1.33. The quantitative estimate of drug-likeness (QED) is 0.494. The smallest absolute Gasteiger partial charge is 0.251 e. The second kappa shape index (κ2) is 10.4. The number of carbonyl (C=O) groups excluding carboxylic acids is 2. The van der Waals surface area contributed by atoms with Crippen LogP contribution in [0.1, 0.15) is 36.7 Å². The van der Waals surface area contributed by atoms with Crippen molar-refractivity contribution in [3.8, 4) is 23.1 Å². The lowest BCUT2D eigenvalue weighted by Gasteiger charge is -2.37. The van der Waals surface area contributed by atoms with Crippen LogP contribution in [0.15, 0.2) is 47.8 Å². The molecule has 0 aliphatic carbocycles. The Hall–Kier alpha value is -3.94. The van der Waals surface area contributed by atoms with Gasteiger partial charge < -0.3 is 25.0 Å². The summed E-state index contributed by atoms with van der Waals surface area (Å²) in [6.45, 7) is 7.63. The standard InChI is InChI=1S/C28H29N5O4S/c1-17-12-33(13-18(2)37-17)21-6-4-5-19(9-21)23-14-38-27(31-23)32-25(34)11-30-26(35)20-7-8-24-22(10-20)28(3,15-29)16-36-24/h4-10,14,17-18H,11-13,16H2,1-3H3,(H,30,35)(H,31,32,34)/t17-,18+,28-/m0/s1. The van der Waals surface area contributed by atoms with Gasteiger partial charge in [-0.25, -0.2) is 4.98 Å². The Bertz CT molecular complexity index is 1410. The molecule has 196 valence electrons. The Morgan fingerprint density at radius 1 is 1.21 bits per heavy atom. The number of fused-ring (bicyclic) bond motifs is 1. The SMILES string of the molecule is C[C@@H]1CN(c2cccc(-c3csc(NC(=O)CNC(=O)c4ccc5c(c4)[C@@](C)(C#N)CO5)n3)c2)C[C@H](C)O1. The molecule has 38 heavy (non-hydrogen) atoms. The van der Waals surface area contributed by atoms with Gasteiger partial charge in [0.1, 0.15) is 17.8 Å². The van der Waals surface area contributed by atoms with Crippen molar-refractivity contribution in [3.63, 3.8) is 0 Å². The van der Waals surface area contributed by atoms with Crippen molar-refractivity contribution in [2.45, 2.75) is 38.4 Å². The summed E-state index contributed by atoms with van der Waals surface area (Å²) in [6.07, 6.45) is 0.330. The molecule has 0 unspecified atom stereocenters. The second-order valence-electron chi connectivity index (χ2n) is 9.92. The molecule has 1 saturated heterocycles. The summed E-state index contributed by atoms with van der Waals surface area (Å²) < 4.78 is 11.4. The highest BCUT2D eigenvalue weighted by Gasteiger charge is 2.37. The molecule has 9 nitrogen and oxygen atoms in total. The first kappa shape index (κ1) is 25.7. The monoisotopic (exact) mass is 531 g/mol. The van der Waals surface area contributed by atoms with Crippen molar-refractivity contribution in [2.75, 3.05) is 36.5 Å². The van der Waals surface area contributed by atoms with Crippen molar-refractivity contribution < 1.29 is 19.1 Å². The van der Waals surface area contributed by atoms with Gasteiger partial charge in [0.25, 0.3) is 5.91 Å². The van der Waals surface area contributed by atoms with Crippen LogP contribution in [0.4, 0.5) is 10.8 Å². The van der Waals surface area contributed by atoms with Crippen LogP contribution < -0.4 is 20.3 Å². The van der Waals surface area contributed by atoms with Crippen LogP contribution in [0.2, 0.25) is 0 Å². The molecule has 3 heterocycles. The maximum absolute atomic E-state index is 12.7. The van der Waals surface area contributed by atoms with E-state index in [4.69, 9.17) is 9.47 Å². The zero-order valence-corrected chi connectivity index (χ0v) is 22.3. The lowest BCUT2D eigenvalue weighted by atomic mass is 9.85. The molecule has 3 aromatic rings. The van der Waals surface area contributed by atoms with Gasteiger partial charge in [0.15, 0.2) is 5.13 Å². The maximum Gasteiger partial charge on any atom is 0.251 e. The first-order valence-corrected chi connectivity index (χ1v) is 13.3. The highest BCUT2D eigenvalue weighted by atomic mass is 32.1. The first-order valence-electron chi connectivity index (χ1n) is 12.5. The van der Waals surface area contributed by atoms with E-state index in [0.29, 0.717) is 22.0 Å². The number of benzene rings is 2. The number of amides is 2. The van der Waals surface area contributed by atoms with E-state index in [9.17, 15) is 14.9 Å². The zero-order chi connectivity index (χ0) is 26.9. The molecule has 0 radical (unpaired) electrons. The van der Waals surface area contributed by atoms with E-state index in [2.05, 4.69) is 52.6 Å². The normalized spacial score (nSPS) is 22.2. The molecule has 1 fully saturated rings. The molecule has 10 heteroatoms. The summed E-state index contributed by atoms with van der Waals surface area (Å²) in [5, 5.41) is 17.2. The maximum atomic E-state index is 12.7. The minimum Gasteiger partial charge on any atom is -0.491 e. The number of rotatable bonds is 6. The number of ether oxygens (including phenoxy) is 2. The average molecular weight is 532 g/mol. The number of nitrogens with zero attached hydrogens (tertiary/aromatic N) is 3. The number of morpholine rings is 1. The lowest BCUT2D eigenvalue weighted by Crippen LogP contribution is -2.45. The minimum atomic E-state index is -0.801. The van der Waals surface area contributed by atoms with Crippen LogP contribution in [0.25, 0.3) is 11.3 Å². The van der Waals surface area contributed by atoms with Gasteiger partial charge in [-0.3, -0.25) is 9.59 Å². The predicted molar refractivity (Wildman–Crippen MR) is 146 cm³/mol. The zero-order valence-electron chi connectivity index (χ0n) is 21.5. The molecule has 0 spiro atoms. The van der Waals surface area contributed by atoms with E-state index in [1.165, 1.54) is 11.3 Å². The van der Waals surface area contributed by atoms with Crippen LogP contribution in [0.5, 0.6) is 5.75 Å². The Morgan fingerprint density at radius 3 is 2.76 bits per heavy atom. The molecule has 2 amide bonds. The van der Waals surface area contributed by atoms with Gasteiger partial charge >= 0.3 is 0 Å². The average Bonchev–Trinajstić information content (AvgIpc) is 3.51. The third kappa shape index (κ3) is 5.35. The molecular weight excluding hydrogens is 502 g/mol. The summed E-state index contributed by atoms with van der Waals surface area (Å²) in [5.74, 6) is -0.184. The Labute approximate surface area is 225 Å². The van der Waals surface area contributed by atoms with Crippen LogP contribution in [0.3, 0.4) is 0 Å². The third-order valence-corrected chi connectivity index (χ3v) is 7.44. The van der Waals surface area contributed by atoms with E-state index in [1.807, 2.05) is 17.5 Å². The Morgan fingerprint density at radius 2 is 2.00 bits per heavy atom. The highest BCUT2D eigenvalue weighted by molar-refractivity contribution is 7.14. The van der Waals surface area contributed by atoms with Gasteiger partial charge in [0, 0.05) is 40.8 Å². The number of carbonyl (C=O) groups is 2. The van der Waals surface area contributed by atoms with E-state index >= 15 is 0 Å². The number of nitriles is 1. The van der Waals surface area contributed by atoms with Crippen LogP contribution in [0, 0.1) is 11.3 Å². The largest absolute Gasteiger partial charge is 0.491 e. The Kier molecular flexibility index (Phi) is 7.06. The number of anilines is 2. The van der Waals surface area contributed by atoms with Crippen molar-refractivity contribution >= 4 is 34.0 Å². The molecule has 2 aromatic carbocycles. The molecule has 2 aliphatic heterocycles. The van der Waals surface area contributed by atoms with Crippen molar-refractivity contribution in [1.29, 1.82) is 5.26 Å². The van der Waals surface area contributed by atoms with Crippen molar-refractivity contribution in [1.82, 2.24) is 10.3 Å². The second-order valence-corrected chi connectivity index (χ2v) is 10.8. The number of aromatic nitrogens is 1. The molecular formula is C28H29N5O4S. The molecule has 1 aromatic heterocycles. The van der Waals surface area contributed by atoms with Gasteiger partial charge in [-0.1, -0.05) is 12.1 Å². The lowest BCUT2D eigenvalue weighted by molar-refractivity contribution is -0.115. The fraction of sp³-hybridized carbons (Fsp3) is 0.357. The summed E-state index contributed by atoms with van der Waals surface area (Å²) in [6, 6.07) is 15.4. The topological polar surface area (TPSA) is 117 Å². The van der Waals surface area contributed by atoms with Crippen LogP contribution in [-0.4, -0.2) is 55.2 Å². The van der Waals surface area contributed by atoms with Gasteiger partial charge in [-0.2, -0.15) is 5.26 Å². The van der Waals surface area contributed by atoms with Gasteiger partial charge in [-0.05, 0) is 51.1 Å². The van der Waals surface area contributed by atoms with E-state index in [-0.39, 0.29) is 31.3 Å². The summed E-state index contributed by atoms with van der Waals surface area (Å²) in [5.41, 5.74) is 3.08. The van der Waals surface area contributed by atoms with Crippen LogP contribution >= 0.6 is 11.3 Å². The highest BCUT2D eigenvalue weighted by Crippen LogP contribution is 2.38. The van der Waals surface area contributed by atoms with Crippen molar-refractivity contribution in [2.24, 2.45) is 0 Å². The fourth-order valence-electron chi connectivity index (χ4n) is 4.76. The fourth-order valence-corrected chi connectivity index (χ4v) is 5.50. The van der Waals surface area contributed by atoms with E-state index < -0.39 is 11.3 Å². The van der Waals surface area contributed by atoms with Crippen LogP contribution in [-0.2, 0) is 14.9 Å². The minimum absolute atomic E-state index is 0.165. The summed E-state index contributed by atoms with van der Waals surface area (Å²) in [4.78, 5) is 32.1. The van der Waals surface area contributed by atoms with Gasteiger partial charge in [-0.15, -0.1) is 11.3 Å². The third-order valence-electron chi connectivity index (χ3n) is 6.69. The number of nitrogens with one attached hydrogen (secondary N) is 2. The van der Waals surface area contributed by atoms with Gasteiger partial charge in [0.05, 0.1) is 30.5 Å². The number of hydrogen-bond donors (Lipinski definition) is 2. The summed E-state index contributed by atoms with van der Waals surface area (Å²) in [7, 11) is 0. The molecule has 0 bridgehead atoms. The number of hydrogen-bond acceptors (Lipinski definition) is 8. The Balaban J connectivity index is 1.19. The molecule has 0 saturated carbocycles. The molecule has 2 N–H and O–H groups in total. The van der Waals surface area contributed by atoms with E-state index in [1.54, 1.807) is 25.1 Å². The molecule has 5 rings (SSSR count). The number of thiazole rings is 1.